The summed E-state index contributed by atoms with van der Waals surface area (Å²) in [5.41, 5.74) is 9.23. The van der Waals surface area contributed by atoms with Crippen molar-refractivity contribution in [2.75, 3.05) is 63.3 Å². The summed E-state index contributed by atoms with van der Waals surface area (Å²) < 4.78 is 57.0. The van der Waals surface area contributed by atoms with Crippen LogP contribution in [-0.2, 0) is 36.4 Å². The zero-order chi connectivity index (χ0) is 45.7. The van der Waals surface area contributed by atoms with E-state index in [-0.39, 0.29) is 28.8 Å². The Kier molecular flexibility index (Phi) is 15.7. The van der Waals surface area contributed by atoms with Crippen LogP contribution in [0.25, 0.3) is 32.0 Å². The third-order valence-corrected chi connectivity index (χ3v) is 14.7. The molecule has 0 saturated carbocycles. The van der Waals surface area contributed by atoms with E-state index in [1.165, 1.54) is 4.57 Å². The fourth-order valence-electron chi connectivity index (χ4n) is 6.69. The number of phosphoric ester groups is 1. The highest BCUT2D eigenvalue weighted by Gasteiger charge is 2.47. The van der Waals surface area contributed by atoms with Gasteiger partial charge >= 0.3 is 23.5 Å². The molecule has 0 radical (unpaired) electrons. The first-order chi connectivity index (χ1) is 29.7. The van der Waals surface area contributed by atoms with E-state index >= 15 is 0 Å². The van der Waals surface area contributed by atoms with Crippen LogP contribution in [0.1, 0.15) is 44.8 Å². The molecule has 10 N–H and O–H groups in total. The number of hydrogen-bond donors (Lipinski definition) is 9. The highest BCUT2D eigenvalue weighted by atomic mass is 32.1. The van der Waals surface area contributed by atoms with Gasteiger partial charge in [-0.1, -0.05) is 12.8 Å². The van der Waals surface area contributed by atoms with Crippen LogP contribution in [0, 0.1) is 0 Å². The molecule has 0 spiro atoms. The summed E-state index contributed by atoms with van der Waals surface area (Å²) >= 11 is 1.71. The topological polar surface area (TPSA) is 339 Å². The van der Waals surface area contributed by atoms with Crippen LogP contribution < -0.4 is 31.2 Å². The molecule has 344 valence electrons. The number of imidazole rings is 1. The van der Waals surface area contributed by atoms with E-state index in [1.807, 2.05) is 39.3 Å². The number of nitrogens with one attached hydrogen (secondary N) is 2. The molecule has 1 amide bonds. The summed E-state index contributed by atoms with van der Waals surface area (Å²) in [5.74, 6) is 0.117. The molecule has 0 bridgehead atoms. The Balaban J connectivity index is 0.928. The van der Waals surface area contributed by atoms with E-state index in [9.17, 15) is 38.5 Å². The number of unbranched alkanes of at least 4 members (excludes halogenated alkanes) is 3. The lowest BCUT2D eigenvalue weighted by Crippen LogP contribution is -2.33. The quantitative estimate of drug-likeness (QED) is 0.0220. The molecule has 2 aliphatic heterocycles. The fraction of sp³-hybridized carbons (Fsp3) is 0.486. The number of carbonyl (C=O) groups excluding carboxylic acids is 1. The maximum Gasteiger partial charge on any atom is 0.490 e. The highest BCUT2D eigenvalue weighted by molar-refractivity contribution is 7.66. The van der Waals surface area contributed by atoms with Crippen molar-refractivity contribution >= 4 is 79.5 Å². The van der Waals surface area contributed by atoms with Gasteiger partial charge in [-0.25, -0.2) is 38.2 Å². The number of amides is 1. The van der Waals surface area contributed by atoms with Gasteiger partial charge in [-0.05, 0) is 43.5 Å². The minimum Gasteiger partial charge on any atom is -0.387 e. The number of nitrogens with two attached hydrogens (primary N) is 1. The van der Waals surface area contributed by atoms with E-state index in [0.717, 1.165) is 57.4 Å². The van der Waals surface area contributed by atoms with E-state index in [2.05, 4.69) is 66.4 Å². The first-order valence-electron chi connectivity index (χ1n) is 19.6. The van der Waals surface area contributed by atoms with Crippen LogP contribution in [0.5, 0.6) is 0 Å². The normalized spacial score (nSPS) is 19.9. The van der Waals surface area contributed by atoms with Crippen molar-refractivity contribution < 1.29 is 66.2 Å². The van der Waals surface area contributed by atoms with Crippen molar-refractivity contribution in [1.29, 1.82) is 0 Å². The molecule has 3 aromatic rings. The molecule has 6 rings (SSSR count). The van der Waals surface area contributed by atoms with Crippen LogP contribution in [0.15, 0.2) is 42.7 Å². The number of fused-ring (bicyclic) bond motifs is 3. The van der Waals surface area contributed by atoms with E-state index in [1.54, 1.807) is 11.3 Å². The lowest BCUT2D eigenvalue weighted by atomic mass is 10.1. The van der Waals surface area contributed by atoms with Crippen molar-refractivity contribution in [2.45, 2.75) is 63.1 Å². The second-order valence-corrected chi connectivity index (χ2v) is 20.3. The number of rotatable bonds is 21. The smallest absolute Gasteiger partial charge is 0.387 e. The number of ether oxygens (including phenoxy) is 1. The first kappa shape index (κ1) is 48.4. The molecule has 24 nitrogen and oxygen atoms in total. The van der Waals surface area contributed by atoms with Crippen LogP contribution in [0.2, 0.25) is 0 Å². The number of carbonyl (C=O) groups is 1. The van der Waals surface area contributed by atoms with Crippen molar-refractivity contribution in [3.8, 4) is 10.6 Å². The Morgan fingerprint density at radius 2 is 1.70 bits per heavy atom. The predicted octanol–water partition coefficient (Wildman–Crippen LogP) is 2.12. The van der Waals surface area contributed by atoms with Gasteiger partial charge in [0.05, 0.1) is 27.4 Å². The Morgan fingerprint density at radius 3 is 2.43 bits per heavy atom. The van der Waals surface area contributed by atoms with Gasteiger partial charge in [-0.3, -0.25) is 13.9 Å². The van der Waals surface area contributed by atoms with Crippen LogP contribution >= 0.6 is 34.8 Å². The van der Waals surface area contributed by atoms with Gasteiger partial charge in [0.2, 0.25) is 17.2 Å². The van der Waals surface area contributed by atoms with Gasteiger partial charge in [-0.2, -0.15) is 8.62 Å². The average molecular weight is 960 g/mol. The largest absolute Gasteiger partial charge is 0.490 e. The van der Waals surface area contributed by atoms with Crippen LogP contribution in [0.3, 0.4) is 0 Å². The number of hydrogen-bond acceptors (Lipinski definition) is 18. The molecule has 1 aliphatic carbocycles. The van der Waals surface area contributed by atoms with Crippen molar-refractivity contribution in [2.24, 2.45) is 0 Å². The van der Waals surface area contributed by atoms with Crippen LogP contribution in [0.4, 0.5) is 17.5 Å². The molecule has 4 heterocycles. The van der Waals surface area contributed by atoms with Gasteiger partial charge in [0, 0.05) is 50.9 Å². The molecule has 3 aliphatic rings. The monoisotopic (exact) mass is 959 g/mol. The summed E-state index contributed by atoms with van der Waals surface area (Å²) in [6, 6.07) is 12.5. The summed E-state index contributed by atoms with van der Waals surface area (Å²) in [4.78, 5) is 69.9. The summed E-state index contributed by atoms with van der Waals surface area (Å²) in [5, 5.41) is 28.9. The lowest BCUT2D eigenvalue weighted by molar-refractivity contribution is -0.121. The van der Waals surface area contributed by atoms with E-state index in [0.29, 0.717) is 38.9 Å². The van der Waals surface area contributed by atoms with E-state index < -0.39 is 54.6 Å². The van der Waals surface area contributed by atoms with Crippen LogP contribution in [-0.4, -0.2) is 126 Å². The molecule has 1 saturated heterocycles. The average Bonchev–Trinajstić information content (AvgIpc) is 3.71. The second kappa shape index (κ2) is 20.4. The molecular formula is C35H50N10O14P3S+. The van der Waals surface area contributed by atoms with Gasteiger partial charge in [0.15, 0.2) is 23.2 Å². The molecular weight excluding hydrogens is 909 g/mol. The highest BCUT2D eigenvalue weighted by Crippen LogP contribution is 2.66. The van der Waals surface area contributed by atoms with Gasteiger partial charge < -0.3 is 55.8 Å². The third kappa shape index (κ3) is 12.8. The van der Waals surface area contributed by atoms with Crippen molar-refractivity contribution in [1.82, 2.24) is 34.4 Å². The maximum atomic E-state index is 12.6. The molecule has 28 heteroatoms. The summed E-state index contributed by atoms with van der Waals surface area (Å²) in [6.07, 6.45) is -1.18. The number of phosphoric acid groups is 3. The van der Waals surface area contributed by atoms with Crippen molar-refractivity contribution in [3.05, 3.63) is 48.1 Å². The number of aromatic nitrogens is 5. The molecule has 6 atom stereocenters. The first-order valence-corrected chi connectivity index (χ1v) is 24.9. The predicted molar refractivity (Wildman–Crippen MR) is 231 cm³/mol. The molecule has 2 aromatic heterocycles. The Bertz CT molecular complexity index is 2610. The number of aliphatic hydroxyl groups is 2. The summed E-state index contributed by atoms with van der Waals surface area (Å²) in [6.45, 7) is 0.613. The minimum atomic E-state index is -5.79. The third-order valence-electron chi connectivity index (χ3n) is 9.83. The molecule has 63 heavy (non-hydrogen) atoms. The number of anilines is 3. The Labute approximate surface area is 364 Å². The maximum absolute atomic E-state index is 12.6. The fourth-order valence-corrected chi connectivity index (χ4v) is 10.7. The SMILES string of the molecule is CN(CCCC(=O)NCCCCCCNc1nc2c(N)ncnc2n1[C@@H]1O[C@H](COP(=O)(O)OP(=O)(O)OP(=O)(O)O)[C@@H](O)[C@H]1O)c1ccc2nc3ccc(=[N+](C)C)cc-3sc2c1. The molecule has 1 fully saturated rings. The zero-order valence-electron chi connectivity index (χ0n) is 34.3. The number of aliphatic hydroxyl groups excluding tert-OH is 2. The number of nitrogens with zero attached hydrogens (tertiary/aromatic N) is 7. The number of benzene rings is 2. The Morgan fingerprint density at radius 1 is 0.952 bits per heavy atom. The minimum absolute atomic E-state index is 0.00381. The zero-order valence-corrected chi connectivity index (χ0v) is 37.8. The molecule has 1 aromatic carbocycles. The van der Waals surface area contributed by atoms with Crippen molar-refractivity contribution in [3.63, 3.8) is 0 Å². The Hall–Kier alpha value is -4.03. The standard InChI is InChI=1S/C35H49N10O14P3S/c1-43(2)21-10-12-23-26(17-21)63-27-18-22(11-13-24(27)41-23)44(3)16-8-9-28(46)37-14-6-4-5-7-15-38-35-42-29-32(36)39-20-40-33(29)45(35)34-31(48)30(47)25(57-34)19-56-61(52,53)59-62(54,55)58-60(49,50)51/h10-13,17-18,20,25,30-31,34,36,41,47-48H,4-9,14-16,19H2,1-3H3,(H5,37,46,49,50,51,52,53,54,55)/p+1/t25-,30-,31-,34-/m1/s1. The summed E-state index contributed by atoms with van der Waals surface area (Å²) in [7, 11) is -10.9. The van der Waals surface area contributed by atoms with Gasteiger partial charge in [-0.15, -0.1) is 11.3 Å². The van der Waals surface area contributed by atoms with Gasteiger partial charge in [0.25, 0.3) is 0 Å². The van der Waals surface area contributed by atoms with E-state index in [4.69, 9.17) is 25.2 Å². The van der Waals surface area contributed by atoms with Gasteiger partial charge in [0.1, 0.15) is 38.7 Å². The second-order valence-electron chi connectivity index (χ2n) is 14.8. The lowest BCUT2D eigenvalue weighted by Gasteiger charge is -2.20. The number of nitrogen functional groups attached to an aromatic ring is 1. The molecule has 2 unspecified atom stereocenters.